The molecule has 4 nitrogen and oxygen atoms in total. The monoisotopic (exact) mass is 138 g/mol. The molecule has 0 saturated carbocycles. The van der Waals surface area contributed by atoms with E-state index in [1.165, 1.54) is 17.9 Å². The van der Waals surface area contributed by atoms with E-state index in [-0.39, 0.29) is 0 Å². The Kier molecular flexibility index (Phi) is 12.8. The average molecular weight is 138 g/mol. The molecule has 0 aliphatic carbocycles. The van der Waals surface area contributed by atoms with Crippen LogP contribution < -0.4 is 0 Å². The third kappa shape index (κ3) is 10.1. The molecular weight excluding hydrogens is 138 g/mol. The fourth-order valence-electron chi connectivity index (χ4n) is 0.0866. The van der Waals surface area contributed by atoms with Gasteiger partial charge in [0, 0.05) is 17.9 Å². The van der Waals surface area contributed by atoms with Crippen LogP contribution in [0.4, 0.5) is 0 Å². The molecule has 0 rings (SSSR count). The predicted molar refractivity (Wildman–Crippen MR) is 34.0 cm³/mol. The van der Waals surface area contributed by atoms with E-state index in [4.69, 9.17) is 21.0 Å². The molecule has 0 amide bonds. The molecule has 0 unspecified atom stereocenters. The van der Waals surface area contributed by atoms with Crippen LogP contribution in [0, 0.1) is 42.3 Å². The molecular formula is C4BN4Na. The van der Waals surface area contributed by atoms with Crippen LogP contribution in [-0.4, -0.2) is 34.6 Å². The van der Waals surface area contributed by atoms with E-state index in [1.807, 2.05) is 3.32 Å². The second-order valence-corrected chi connectivity index (χ2v) is 1.49. The van der Waals surface area contributed by atoms with Gasteiger partial charge in [0.1, 0.15) is 0 Å². The van der Waals surface area contributed by atoms with Crippen LogP contribution in [0.2, 0.25) is 0 Å². The van der Waals surface area contributed by atoms with Gasteiger partial charge < -0.3 is 0 Å². The molecule has 0 aromatic carbocycles. The number of nitrogens with zero attached hydrogens (tertiary/aromatic N) is 4. The molecule has 0 radical (unpaired) electrons. The van der Waals surface area contributed by atoms with Crippen molar-refractivity contribution < 1.29 is 0 Å². The Morgan fingerprint density at radius 1 is 0.900 bits per heavy atom. The number of nitriles is 4. The molecule has 0 heterocycles. The van der Waals surface area contributed by atoms with Crippen LogP contribution in [0.3, 0.4) is 0 Å². The normalized spacial score (nSPS) is 4.20. The molecule has 0 aliphatic heterocycles. The fourth-order valence-corrected chi connectivity index (χ4v) is 0.0866. The van der Waals surface area contributed by atoms with E-state index in [9.17, 15) is 0 Å². The van der Waals surface area contributed by atoms with Gasteiger partial charge in [0.25, 0.3) is 0 Å². The van der Waals surface area contributed by atoms with Gasteiger partial charge in [-0.1, -0.05) is 0 Å². The fraction of sp³-hybridized carbons (Fsp3) is 0. The van der Waals surface area contributed by atoms with Crippen LogP contribution >= 0.6 is 0 Å². The molecule has 0 saturated heterocycles. The summed E-state index contributed by atoms with van der Waals surface area (Å²) < 4.78 is 1.89. The van der Waals surface area contributed by atoms with Crippen molar-refractivity contribution in [2.75, 3.05) is 0 Å². The molecule has 0 aliphatic rings. The van der Waals surface area contributed by atoms with Crippen molar-refractivity contribution in [1.82, 2.24) is 0 Å². The zero-order valence-corrected chi connectivity index (χ0v) is 7.37. The third-order valence-electron chi connectivity index (χ3n) is 0.387. The van der Waals surface area contributed by atoms with Crippen LogP contribution in [0.15, 0.2) is 0 Å². The van der Waals surface area contributed by atoms with Crippen molar-refractivity contribution in [1.29, 1.82) is 21.0 Å². The van der Waals surface area contributed by atoms with Gasteiger partial charge in [-0.3, -0.25) is 0 Å². The Bertz CT molecular complexity index is 203. The summed E-state index contributed by atoms with van der Waals surface area (Å²) in [6.45, 7) is -1.10. The van der Waals surface area contributed by atoms with Crippen molar-refractivity contribution in [2.24, 2.45) is 0 Å². The summed E-state index contributed by atoms with van der Waals surface area (Å²) in [6, 6.07) is 0. The third-order valence-corrected chi connectivity index (χ3v) is 0.387. The van der Waals surface area contributed by atoms with Crippen molar-refractivity contribution in [3.8, 4) is 21.2 Å². The van der Waals surface area contributed by atoms with E-state index in [0.29, 0.717) is 27.9 Å². The molecule has 0 atom stereocenters. The topological polar surface area (TPSA) is 95.2 Å². The molecule has 0 bridgehead atoms. The SMILES string of the molecule is N#CB(C#N)C#N.N#[C][Na]. The Balaban J connectivity index is 0. The maximum atomic E-state index is 7.83. The molecule has 10 heavy (non-hydrogen) atoms. The van der Waals surface area contributed by atoms with Gasteiger partial charge in [-0.15, -0.1) is 0 Å². The zero-order chi connectivity index (χ0) is 8.41. The summed E-state index contributed by atoms with van der Waals surface area (Å²) >= 11 is 0.674. The summed E-state index contributed by atoms with van der Waals surface area (Å²) in [5.41, 5.74) is 0. The van der Waals surface area contributed by atoms with Gasteiger partial charge in [0.2, 0.25) is 0 Å². The number of hydrogen-bond donors (Lipinski definition) is 0. The first-order valence-corrected chi connectivity index (χ1v) is 3.26. The maximum absolute atomic E-state index is 7.83. The molecule has 0 aromatic rings. The second-order valence-electron chi connectivity index (χ2n) is 1.04. The van der Waals surface area contributed by atoms with Crippen molar-refractivity contribution in [3.05, 3.63) is 0 Å². The van der Waals surface area contributed by atoms with Gasteiger partial charge in [-0.2, -0.15) is 0 Å². The molecule has 6 heteroatoms. The van der Waals surface area contributed by atoms with Crippen LogP contribution in [-0.2, 0) is 0 Å². The summed E-state index contributed by atoms with van der Waals surface area (Å²) in [6.07, 6.45) is 0. The molecule has 0 N–H and O–H groups in total. The Morgan fingerprint density at radius 3 is 1.10 bits per heavy atom. The Morgan fingerprint density at radius 2 is 1.10 bits per heavy atom. The van der Waals surface area contributed by atoms with E-state index in [2.05, 4.69) is 0 Å². The van der Waals surface area contributed by atoms with Gasteiger partial charge >= 0.3 is 43.2 Å². The first-order valence-electron chi connectivity index (χ1n) is 2.26. The molecule has 40 valence electrons. The van der Waals surface area contributed by atoms with Crippen LogP contribution in [0.5, 0.6) is 0 Å². The van der Waals surface area contributed by atoms with Crippen molar-refractivity contribution in [2.45, 2.75) is 0 Å². The average Bonchev–Trinajstić information content (AvgIpc) is 1.93. The summed E-state index contributed by atoms with van der Waals surface area (Å²) in [5, 5.41) is 30.9. The first-order chi connectivity index (χ1) is 4.76. The first kappa shape index (κ1) is 11.8. The zero-order valence-electron chi connectivity index (χ0n) is 5.37. The van der Waals surface area contributed by atoms with Crippen molar-refractivity contribution >= 4 is 34.6 Å². The van der Waals surface area contributed by atoms with Crippen molar-refractivity contribution in [3.63, 3.8) is 0 Å². The van der Waals surface area contributed by atoms with Crippen LogP contribution in [0.25, 0.3) is 0 Å². The minimum atomic E-state index is -1.10. The van der Waals surface area contributed by atoms with Gasteiger partial charge in [-0.05, 0) is 0 Å². The van der Waals surface area contributed by atoms with Gasteiger partial charge in [0.05, 0.1) is 0 Å². The summed E-state index contributed by atoms with van der Waals surface area (Å²) in [4.78, 5) is 0. The second kappa shape index (κ2) is 10.9. The Hall–Kier alpha value is -0.975. The van der Waals surface area contributed by atoms with E-state index in [0.717, 1.165) is 0 Å². The van der Waals surface area contributed by atoms with Gasteiger partial charge in [-0.25, -0.2) is 15.8 Å². The number of hydrogen-bond acceptors (Lipinski definition) is 4. The summed E-state index contributed by atoms with van der Waals surface area (Å²) in [5.74, 6) is 4.44. The number of rotatable bonds is 0. The minimum absolute atomic E-state index is 0.674. The molecule has 0 fully saturated rings. The van der Waals surface area contributed by atoms with Crippen LogP contribution in [0.1, 0.15) is 0 Å². The van der Waals surface area contributed by atoms with Gasteiger partial charge in [0.15, 0.2) is 0 Å². The predicted octanol–water partition coefficient (Wildman–Crippen LogP) is -0.694. The molecule has 0 aromatic heterocycles. The van der Waals surface area contributed by atoms with E-state index >= 15 is 0 Å². The summed E-state index contributed by atoms with van der Waals surface area (Å²) in [7, 11) is 0. The Labute approximate surface area is 76.8 Å². The molecule has 0 spiro atoms. The quantitative estimate of drug-likeness (QED) is 0.413. The standard InChI is InChI=1S/C3BN3.CN.Na/c5-1-4(2-6)3-7;1-2;. The van der Waals surface area contributed by atoms with E-state index in [1.54, 1.807) is 0 Å². The van der Waals surface area contributed by atoms with E-state index < -0.39 is 6.71 Å².